The smallest absolute Gasteiger partial charge is 0.307 e. The fourth-order valence-electron chi connectivity index (χ4n) is 0.983. The van der Waals surface area contributed by atoms with Gasteiger partial charge in [0.2, 0.25) is 0 Å². The summed E-state index contributed by atoms with van der Waals surface area (Å²) in [7, 11) is 0. The molecule has 0 bridgehead atoms. The van der Waals surface area contributed by atoms with Gasteiger partial charge in [-0.1, -0.05) is 0 Å². The van der Waals surface area contributed by atoms with Crippen LogP contribution in [0.5, 0.6) is 0 Å². The Morgan fingerprint density at radius 3 is 2.31 bits per heavy atom. The van der Waals surface area contributed by atoms with E-state index in [0.29, 0.717) is 0 Å². The minimum absolute atomic E-state index is 0.145. The number of hydrogen-bond donors (Lipinski definition) is 2. The van der Waals surface area contributed by atoms with Crippen LogP contribution in [0.15, 0.2) is 0 Å². The minimum Gasteiger partial charge on any atom is -0.481 e. The number of carbonyl (C=O) groups excluding carboxylic acids is 1. The van der Waals surface area contributed by atoms with Crippen LogP contribution in [0.4, 0.5) is 0 Å². The van der Waals surface area contributed by atoms with Crippen molar-refractivity contribution in [2.45, 2.75) is 38.9 Å². The number of ether oxygens (including phenoxy) is 1. The molecular weight excluding hydrogens is 176 g/mol. The highest BCUT2D eigenvalue weighted by Gasteiger charge is 2.18. The molecule has 13 heavy (non-hydrogen) atoms. The summed E-state index contributed by atoms with van der Waals surface area (Å²) in [5.74, 6) is -1.58. The van der Waals surface area contributed by atoms with E-state index >= 15 is 0 Å². The Morgan fingerprint density at radius 1 is 1.46 bits per heavy atom. The highest BCUT2D eigenvalue weighted by molar-refractivity contribution is 5.69. The summed E-state index contributed by atoms with van der Waals surface area (Å²) in [6, 6.07) is 0. The molecule has 5 heteroatoms. The van der Waals surface area contributed by atoms with Crippen molar-refractivity contribution in [3.05, 3.63) is 0 Å². The zero-order valence-electron chi connectivity index (χ0n) is 7.69. The monoisotopic (exact) mass is 190 g/mol. The Balaban J connectivity index is 4.02. The van der Waals surface area contributed by atoms with Crippen LogP contribution in [-0.2, 0) is 14.3 Å². The summed E-state index contributed by atoms with van der Waals surface area (Å²) in [4.78, 5) is 20.8. The summed E-state index contributed by atoms with van der Waals surface area (Å²) >= 11 is 0. The first-order valence-electron chi connectivity index (χ1n) is 3.99. The van der Waals surface area contributed by atoms with E-state index < -0.39 is 24.1 Å². The molecule has 0 spiro atoms. The van der Waals surface area contributed by atoms with Crippen LogP contribution in [-0.4, -0.2) is 34.4 Å². The average molecular weight is 190 g/mol. The van der Waals surface area contributed by atoms with E-state index in [2.05, 4.69) is 0 Å². The molecular formula is C8H14O5. The van der Waals surface area contributed by atoms with Crippen molar-refractivity contribution in [2.75, 3.05) is 0 Å². The molecule has 0 heterocycles. The number of carbonyl (C=O) groups is 2. The van der Waals surface area contributed by atoms with Crippen molar-refractivity contribution in [1.82, 2.24) is 0 Å². The van der Waals surface area contributed by atoms with Gasteiger partial charge in [0.25, 0.3) is 0 Å². The highest BCUT2D eigenvalue weighted by Crippen LogP contribution is 2.07. The number of carboxylic acid groups (broad SMARTS) is 1. The van der Waals surface area contributed by atoms with Crippen LogP contribution in [0.25, 0.3) is 0 Å². The molecule has 0 aliphatic rings. The molecule has 0 aromatic rings. The fraction of sp³-hybridized carbons (Fsp3) is 0.750. The van der Waals surface area contributed by atoms with Gasteiger partial charge in [-0.05, 0) is 6.92 Å². The van der Waals surface area contributed by atoms with E-state index in [0.717, 1.165) is 0 Å². The van der Waals surface area contributed by atoms with Crippen LogP contribution < -0.4 is 0 Å². The van der Waals surface area contributed by atoms with Crippen LogP contribution in [0.2, 0.25) is 0 Å². The van der Waals surface area contributed by atoms with Gasteiger partial charge in [-0.25, -0.2) is 0 Å². The summed E-state index contributed by atoms with van der Waals surface area (Å²) < 4.78 is 4.69. The maximum absolute atomic E-state index is 10.5. The molecule has 0 aromatic heterocycles. The van der Waals surface area contributed by atoms with Crippen LogP contribution in [0, 0.1) is 0 Å². The van der Waals surface area contributed by atoms with Gasteiger partial charge in [-0.2, -0.15) is 0 Å². The van der Waals surface area contributed by atoms with E-state index in [1.165, 1.54) is 13.8 Å². The van der Waals surface area contributed by atoms with Gasteiger partial charge in [0.15, 0.2) is 0 Å². The van der Waals surface area contributed by atoms with Crippen molar-refractivity contribution in [1.29, 1.82) is 0 Å². The summed E-state index contributed by atoms with van der Waals surface area (Å²) in [5, 5.41) is 17.4. The lowest BCUT2D eigenvalue weighted by atomic mass is 10.1. The molecule has 2 atom stereocenters. The van der Waals surface area contributed by atoms with Crippen molar-refractivity contribution >= 4 is 11.9 Å². The Labute approximate surface area is 76.3 Å². The maximum Gasteiger partial charge on any atom is 0.307 e. The number of carboxylic acids is 1. The summed E-state index contributed by atoms with van der Waals surface area (Å²) in [6.07, 6.45) is -1.55. The molecule has 0 aromatic carbocycles. The van der Waals surface area contributed by atoms with Crippen molar-refractivity contribution in [2.24, 2.45) is 0 Å². The Hall–Kier alpha value is -1.10. The number of esters is 1. The van der Waals surface area contributed by atoms with Crippen molar-refractivity contribution in [3.63, 3.8) is 0 Å². The first-order chi connectivity index (χ1) is 5.91. The lowest BCUT2D eigenvalue weighted by Crippen LogP contribution is -2.24. The standard InChI is InChI=1S/C8H14O5/c1-5(9)3-7(4-8(11)12)13-6(2)10/h5,7,9H,3-4H2,1-2H3,(H,11,12). The summed E-state index contributed by atoms with van der Waals surface area (Å²) in [5.41, 5.74) is 0. The Kier molecular flexibility index (Phi) is 5.06. The van der Waals surface area contributed by atoms with Crippen LogP contribution in [0.1, 0.15) is 26.7 Å². The summed E-state index contributed by atoms with van der Waals surface area (Å²) in [6.45, 7) is 2.72. The second-order valence-corrected chi connectivity index (χ2v) is 2.91. The molecule has 0 amide bonds. The Morgan fingerprint density at radius 2 is 2.00 bits per heavy atom. The van der Waals surface area contributed by atoms with Gasteiger partial charge in [-0.15, -0.1) is 0 Å². The largest absolute Gasteiger partial charge is 0.481 e. The lowest BCUT2D eigenvalue weighted by Gasteiger charge is -2.16. The molecule has 5 nitrogen and oxygen atoms in total. The number of hydrogen-bond acceptors (Lipinski definition) is 4. The van der Waals surface area contributed by atoms with Gasteiger partial charge in [-0.3, -0.25) is 9.59 Å². The quantitative estimate of drug-likeness (QED) is 0.603. The molecule has 0 rings (SSSR count). The topological polar surface area (TPSA) is 83.8 Å². The molecule has 0 aliphatic heterocycles. The molecule has 76 valence electrons. The molecule has 2 unspecified atom stereocenters. The first-order valence-corrected chi connectivity index (χ1v) is 3.99. The third-order valence-electron chi connectivity index (χ3n) is 1.34. The third kappa shape index (κ3) is 7.27. The van der Waals surface area contributed by atoms with E-state index in [9.17, 15) is 9.59 Å². The number of aliphatic hydroxyl groups is 1. The molecule has 0 fully saturated rings. The predicted molar refractivity (Wildman–Crippen MR) is 44.1 cm³/mol. The second-order valence-electron chi connectivity index (χ2n) is 2.91. The van der Waals surface area contributed by atoms with Crippen molar-refractivity contribution < 1.29 is 24.5 Å². The van der Waals surface area contributed by atoms with Gasteiger partial charge < -0.3 is 14.9 Å². The number of rotatable bonds is 5. The third-order valence-corrected chi connectivity index (χ3v) is 1.34. The number of aliphatic carboxylic acids is 1. The van der Waals surface area contributed by atoms with E-state index in [4.69, 9.17) is 14.9 Å². The highest BCUT2D eigenvalue weighted by atomic mass is 16.5. The molecule has 0 radical (unpaired) electrons. The van der Waals surface area contributed by atoms with Crippen LogP contribution >= 0.6 is 0 Å². The van der Waals surface area contributed by atoms with Gasteiger partial charge in [0.05, 0.1) is 12.5 Å². The first kappa shape index (κ1) is 11.9. The Bertz CT molecular complexity index is 171. The van der Waals surface area contributed by atoms with E-state index in [1.54, 1.807) is 0 Å². The normalized spacial score (nSPS) is 14.7. The SMILES string of the molecule is CC(=O)OC(CC(=O)O)CC(C)O. The molecule has 0 saturated carbocycles. The molecule has 0 aliphatic carbocycles. The van der Waals surface area contributed by atoms with Crippen LogP contribution in [0.3, 0.4) is 0 Å². The van der Waals surface area contributed by atoms with E-state index in [-0.39, 0.29) is 12.8 Å². The zero-order chi connectivity index (χ0) is 10.4. The average Bonchev–Trinajstić information content (AvgIpc) is 1.80. The molecule has 0 saturated heterocycles. The van der Waals surface area contributed by atoms with Gasteiger partial charge >= 0.3 is 11.9 Å². The van der Waals surface area contributed by atoms with Gasteiger partial charge in [0, 0.05) is 13.3 Å². The predicted octanol–water partition coefficient (Wildman–Crippen LogP) is 0.164. The second kappa shape index (κ2) is 5.53. The number of aliphatic hydroxyl groups excluding tert-OH is 1. The zero-order valence-corrected chi connectivity index (χ0v) is 7.69. The molecule has 2 N–H and O–H groups in total. The maximum atomic E-state index is 10.5. The van der Waals surface area contributed by atoms with Gasteiger partial charge in [0.1, 0.15) is 6.10 Å². The fourth-order valence-corrected chi connectivity index (χ4v) is 0.983. The van der Waals surface area contributed by atoms with Crippen molar-refractivity contribution in [3.8, 4) is 0 Å². The lowest BCUT2D eigenvalue weighted by molar-refractivity contribution is -0.152. The minimum atomic E-state index is -1.05. The van der Waals surface area contributed by atoms with E-state index in [1.807, 2.05) is 0 Å².